The average Bonchev–Trinajstić information content (AvgIpc) is 3.27. The van der Waals surface area contributed by atoms with Crippen LogP contribution >= 0.6 is 0 Å². The molecule has 0 amide bonds. The molecule has 0 aliphatic carbocycles. The molecule has 5 heterocycles. The quantitative estimate of drug-likeness (QED) is 0.656. The number of H-pyrrole nitrogens is 2. The first kappa shape index (κ1) is 12.8. The molecule has 0 saturated carbocycles. The molecule has 1 unspecified atom stereocenters. The highest BCUT2D eigenvalue weighted by atomic mass is 16.5. The highest BCUT2D eigenvalue weighted by molar-refractivity contribution is 5.87. The molecule has 0 bridgehead atoms. The van der Waals surface area contributed by atoms with Crippen LogP contribution in [-0.4, -0.2) is 48.4 Å². The van der Waals surface area contributed by atoms with Gasteiger partial charge in [-0.25, -0.2) is 19.9 Å². The van der Waals surface area contributed by atoms with Gasteiger partial charge in [-0.15, -0.1) is 0 Å². The van der Waals surface area contributed by atoms with E-state index in [0.717, 1.165) is 29.8 Å². The zero-order valence-electron chi connectivity index (χ0n) is 12.3. The lowest BCUT2D eigenvalue weighted by Gasteiger charge is -2.33. The molecular formula is C14H15N7O2. The van der Waals surface area contributed by atoms with Crippen LogP contribution in [0, 0.1) is 0 Å². The summed E-state index contributed by atoms with van der Waals surface area (Å²) in [6, 6.07) is 1.98. The Kier molecular flexibility index (Phi) is 2.46. The predicted octanol–water partition coefficient (Wildman–Crippen LogP) is 0.0220. The summed E-state index contributed by atoms with van der Waals surface area (Å²) in [6.07, 6.45) is 4.28. The third kappa shape index (κ3) is 1.83. The maximum atomic E-state index is 11.8. The van der Waals surface area contributed by atoms with Crippen molar-refractivity contribution in [3.8, 4) is 0 Å². The lowest BCUT2D eigenvalue weighted by atomic mass is 10.0. The van der Waals surface area contributed by atoms with Crippen molar-refractivity contribution in [1.82, 2.24) is 29.7 Å². The van der Waals surface area contributed by atoms with Gasteiger partial charge in [0.05, 0.1) is 18.5 Å². The summed E-state index contributed by atoms with van der Waals surface area (Å²) in [5, 5.41) is 7.47. The standard InChI is InChI=1S/C14H15N7O2/c22-13-19-18-10-5-23-14(7-21(10)13)2-4-20(6-14)12-9-1-3-15-11(9)16-8-17-12/h1,3,8H,2,4-7H2,(H,19,22)(H,15,16,17). The van der Waals surface area contributed by atoms with E-state index in [1.165, 1.54) is 0 Å². The van der Waals surface area contributed by atoms with Crippen LogP contribution in [0.2, 0.25) is 0 Å². The molecule has 3 aromatic heterocycles. The number of nitrogens with zero attached hydrogens (tertiary/aromatic N) is 5. The van der Waals surface area contributed by atoms with Gasteiger partial charge < -0.3 is 14.6 Å². The topological polar surface area (TPSA) is 105 Å². The number of ether oxygens (including phenoxy) is 1. The summed E-state index contributed by atoms with van der Waals surface area (Å²) in [5.74, 6) is 1.57. The largest absolute Gasteiger partial charge is 0.363 e. The van der Waals surface area contributed by atoms with E-state index in [0.29, 0.717) is 25.5 Å². The number of aromatic amines is 2. The third-order valence-corrected chi connectivity index (χ3v) is 4.74. The molecule has 5 rings (SSSR count). The second kappa shape index (κ2) is 4.42. The Morgan fingerprint density at radius 3 is 3.22 bits per heavy atom. The number of anilines is 1. The average molecular weight is 313 g/mol. The van der Waals surface area contributed by atoms with Crippen LogP contribution in [0.3, 0.4) is 0 Å². The lowest BCUT2D eigenvalue weighted by Crippen LogP contribution is -2.46. The first-order valence-electron chi connectivity index (χ1n) is 7.55. The number of hydrogen-bond donors (Lipinski definition) is 2. The number of rotatable bonds is 1. The van der Waals surface area contributed by atoms with Crippen LogP contribution in [0.15, 0.2) is 23.4 Å². The monoisotopic (exact) mass is 313 g/mol. The summed E-state index contributed by atoms with van der Waals surface area (Å²) in [5.41, 5.74) is 0.291. The highest BCUT2D eigenvalue weighted by Gasteiger charge is 2.44. The predicted molar refractivity (Wildman–Crippen MR) is 81.1 cm³/mol. The van der Waals surface area contributed by atoms with Gasteiger partial charge in [-0.05, 0) is 12.5 Å². The Hall–Kier alpha value is -2.68. The molecule has 118 valence electrons. The van der Waals surface area contributed by atoms with Crippen molar-refractivity contribution in [2.45, 2.75) is 25.2 Å². The molecule has 0 aromatic carbocycles. The van der Waals surface area contributed by atoms with E-state index in [1.54, 1.807) is 10.9 Å². The molecule has 2 aliphatic heterocycles. The zero-order chi connectivity index (χ0) is 15.4. The van der Waals surface area contributed by atoms with E-state index in [1.807, 2.05) is 12.3 Å². The van der Waals surface area contributed by atoms with E-state index in [9.17, 15) is 4.79 Å². The molecule has 9 heteroatoms. The minimum absolute atomic E-state index is 0.170. The first-order valence-corrected chi connectivity index (χ1v) is 7.55. The molecule has 1 atom stereocenters. The summed E-state index contributed by atoms with van der Waals surface area (Å²) in [7, 11) is 0. The Labute approximate surface area is 130 Å². The molecule has 1 saturated heterocycles. The normalized spacial score (nSPS) is 23.7. The Morgan fingerprint density at radius 1 is 1.30 bits per heavy atom. The van der Waals surface area contributed by atoms with Gasteiger partial charge in [0.15, 0.2) is 5.82 Å². The SMILES string of the molecule is O=c1[nH]nc2n1CC1(CCN(c3ncnc4[nH]ccc34)C1)OC2. The van der Waals surface area contributed by atoms with Crippen molar-refractivity contribution in [2.75, 3.05) is 18.0 Å². The maximum Gasteiger partial charge on any atom is 0.343 e. The van der Waals surface area contributed by atoms with Gasteiger partial charge in [-0.3, -0.25) is 4.57 Å². The van der Waals surface area contributed by atoms with Gasteiger partial charge in [-0.1, -0.05) is 0 Å². The highest BCUT2D eigenvalue weighted by Crippen LogP contribution is 2.35. The van der Waals surface area contributed by atoms with E-state index < -0.39 is 0 Å². The molecule has 9 nitrogen and oxygen atoms in total. The van der Waals surface area contributed by atoms with Crippen molar-refractivity contribution in [3.63, 3.8) is 0 Å². The number of aromatic nitrogens is 6. The summed E-state index contributed by atoms with van der Waals surface area (Å²) in [6.45, 7) is 2.41. The van der Waals surface area contributed by atoms with Gasteiger partial charge >= 0.3 is 5.69 Å². The maximum absolute atomic E-state index is 11.8. The molecule has 2 aliphatic rings. The van der Waals surface area contributed by atoms with E-state index in [4.69, 9.17) is 4.74 Å². The smallest absolute Gasteiger partial charge is 0.343 e. The second-order valence-corrected chi connectivity index (χ2v) is 6.11. The molecule has 1 spiro atoms. The van der Waals surface area contributed by atoms with Crippen molar-refractivity contribution in [2.24, 2.45) is 0 Å². The lowest BCUT2D eigenvalue weighted by molar-refractivity contribution is -0.0759. The van der Waals surface area contributed by atoms with Crippen LogP contribution in [0.4, 0.5) is 5.82 Å². The summed E-state index contributed by atoms with van der Waals surface area (Å²) < 4.78 is 7.76. The molecule has 3 aromatic rings. The Balaban J connectivity index is 1.48. The van der Waals surface area contributed by atoms with Gasteiger partial charge in [-0.2, -0.15) is 5.10 Å². The fourth-order valence-electron chi connectivity index (χ4n) is 3.56. The van der Waals surface area contributed by atoms with Gasteiger partial charge in [0.1, 0.15) is 30.0 Å². The van der Waals surface area contributed by atoms with Crippen LogP contribution in [0.1, 0.15) is 12.2 Å². The second-order valence-electron chi connectivity index (χ2n) is 6.11. The van der Waals surface area contributed by atoms with Crippen molar-refractivity contribution in [3.05, 3.63) is 34.9 Å². The van der Waals surface area contributed by atoms with Crippen LogP contribution < -0.4 is 10.6 Å². The number of hydrogen-bond acceptors (Lipinski definition) is 6. The van der Waals surface area contributed by atoms with Crippen LogP contribution in [0.5, 0.6) is 0 Å². The fraction of sp³-hybridized carbons (Fsp3) is 0.429. The van der Waals surface area contributed by atoms with Crippen LogP contribution in [0.25, 0.3) is 11.0 Å². The Morgan fingerprint density at radius 2 is 2.26 bits per heavy atom. The van der Waals surface area contributed by atoms with Crippen molar-refractivity contribution in [1.29, 1.82) is 0 Å². The Bertz CT molecular complexity index is 942. The molecular weight excluding hydrogens is 298 g/mol. The number of nitrogens with one attached hydrogen (secondary N) is 2. The summed E-state index contributed by atoms with van der Waals surface area (Å²) >= 11 is 0. The fourth-order valence-corrected chi connectivity index (χ4v) is 3.56. The molecule has 2 N–H and O–H groups in total. The number of fused-ring (bicyclic) bond motifs is 2. The van der Waals surface area contributed by atoms with Crippen LogP contribution in [-0.2, 0) is 17.9 Å². The molecule has 23 heavy (non-hydrogen) atoms. The van der Waals surface area contributed by atoms with Gasteiger partial charge in [0, 0.05) is 12.7 Å². The van der Waals surface area contributed by atoms with Gasteiger partial charge in [0.2, 0.25) is 0 Å². The molecule has 0 radical (unpaired) electrons. The first-order chi connectivity index (χ1) is 11.2. The zero-order valence-corrected chi connectivity index (χ0v) is 12.3. The minimum Gasteiger partial charge on any atom is -0.363 e. The minimum atomic E-state index is -0.367. The summed E-state index contributed by atoms with van der Waals surface area (Å²) in [4.78, 5) is 25.8. The van der Waals surface area contributed by atoms with Crippen molar-refractivity contribution < 1.29 is 4.74 Å². The van der Waals surface area contributed by atoms with E-state index >= 15 is 0 Å². The van der Waals surface area contributed by atoms with Gasteiger partial charge in [0.25, 0.3) is 0 Å². The van der Waals surface area contributed by atoms with E-state index in [2.05, 4.69) is 30.0 Å². The third-order valence-electron chi connectivity index (χ3n) is 4.74. The molecule has 1 fully saturated rings. The van der Waals surface area contributed by atoms with E-state index in [-0.39, 0.29) is 11.3 Å². The van der Waals surface area contributed by atoms with Crippen molar-refractivity contribution >= 4 is 16.9 Å².